The molecule has 1 fully saturated rings. The van der Waals surface area contributed by atoms with Crippen LogP contribution in [0.3, 0.4) is 0 Å². The molecule has 1 aliphatic rings. The van der Waals surface area contributed by atoms with Crippen molar-refractivity contribution in [2.75, 3.05) is 49.5 Å². The Labute approximate surface area is 165 Å². The van der Waals surface area contributed by atoms with Crippen LogP contribution in [0.5, 0.6) is 0 Å². The molecule has 3 N–H and O–H groups in total. The highest BCUT2D eigenvalue weighted by Gasteiger charge is 2.22. The summed E-state index contributed by atoms with van der Waals surface area (Å²) in [6, 6.07) is 18.7. The van der Waals surface area contributed by atoms with Crippen LogP contribution in [-0.2, 0) is 0 Å². The third-order valence-corrected chi connectivity index (χ3v) is 5.46. The van der Waals surface area contributed by atoms with E-state index in [0.29, 0.717) is 0 Å². The van der Waals surface area contributed by atoms with Crippen LogP contribution in [0.25, 0.3) is 10.9 Å². The number of aliphatic hydroxyl groups excluding tert-OH is 1. The van der Waals surface area contributed by atoms with E-state index in [4.69, 9.17) is 15.1 Å². The molecule has 1 aliphatic heterocycles. The number of piperazine rings is 1. The number of aliphatic hydroxyl groups is 1. The maximum atomic E-state index is 9.17. The Morgan fingerprint density at radius 1 is 1.04 bits per heavy atom. The Morgan fingerprint density at radius 3 is 2.50 bits per heavy atom. The fourth-order valence-electron chi connectivity index (χ4n) is 3.78. The van der Waals surface area contributed by atoms with Crippen LogP contribution in [0.2, 0.25) is 0 Å². The smallest absolute Gasteiger partial charge is 0.228 e. The monoisotopic (exact) mass is 378 g/mol. The first-order valence-electron chi connectivity index (χ1n) is 10.0. The van der Waals surface area contributed by atoms with Gasteiger partial charge >= 0.3 is 0 Å². The third kappa shape index (κ3) is 4.08. The van der Waals surface area contributed by atoms with Crippen molar-refractivity contribution in [2.45, 2.75) is 13.0 Å². The molecule has 146 valence electrons. The van der Waals surface area contributed by atoms with Gasteiger partial charge in [-0.15, -0.1) is 0 Å². The Balaban J connectivity index is 1.61. The number of anilines is 2. The normalized spacial score (nSPS) is 16.3. The van der Waals surface area contributed by atoms with Crippen molar-refractivity contribution >= 4 is 22.7 Å². The lowest BCUT2D eigenvalue weighted by Crippen LogP contribution is -3.15. The summed E-state index contributed by atoms with van der Waals surface area (Å²) in [6.45, 7) is 7.02. The molecule has 1 saturated heterocycles. The first-order chi connectivity index (χ1) is 13.7. The van der Waals surface area contributed by atoms with Crippen LogP contribution >= 0.6 is 0 Å². The molecule has 2 heterocycles. The molecule has 28 heavy (non-hydrogen) atoms. The van der Waals surface area contributed by atoms with E-state index in [9.17, 15) is 0 Å². The fourth-order valence-corrected chi connectivity index (χ4v) is 3.78. The van der Waals surface area contributed by atoms with Crippen LogP contribution in [0.1, 0.15) is 18.5 Å². The van der Waals surface area contributed by atoms with Gasteiger partial charge in [0.2, 0.25) is 5.95 Å². The molecule has 3 aromatic rings. The van der Waals surface area contributed by atoms with E-state index in [0.717, 1.165) is 55.4 Å². The van der Waals surface area contributed by atoms with E-state index >= 15 is 0 Å². The van der Waals surface area contributed by atoms with Gasteiger partial charge in [0.25, 0.3) is 0 Å². The lowest BCUT2D eigenvalue weighted by molar-refractivity contribution is -0.900. The predicted molar refractivity (Wildman–Crippen MR) is 113 cm³/mol. The van der Waals surface area contributed by atoms with Gasteiger partial charge in [-0.25, -0.2) is 4.98 Å². The average molecular weight is 379 g/mol. The van der Waals surface area contributed by atoms with Crippen LogP contribution in [0, 0.1) is 0 Å². The highest BCUT2D eigenvalue weighted by molar-refractivity contribution is 5.90. The van der Waals surface area contributed by atoms with Gasteiger partial charge in [0.05, 0.1) is 38.3 Å². The summed E-state index contributed by atoms with van der Waals surface area (Å²) in [5.74, 6) is 1.66. The second-order valence-electron chi connectivity index (χ2n) is 7.38. The minimum absolute atomic E-state index is 0.151. The van der Waals surface area contributed by atoms with Gasteiger partial charge < -0.3 is 20.2 Å². The van der Waals surface area contributed by atoms with Crippen LogP contribution in [-0.4, -0.2) is 54.4 Å². The molecule has 0 aliphatic carbocycles. The number of nitrogens with one attached hydrogen (secondary N) is 2. The molecule has 1 aromatic heterocycles. The van der Waals surface area contributed by atoms with Crippen LogP contribution < -0.4 is 15.1 Å². The van der Waals surface area contributed by atoms with Crippen molar-refractivity contribution in [3.8, 4) is 0 Å². The highest BCUT2D eigenvalue weighted by atomic mass is 16.3. The predicted octanol–water partition coefficient (Wildman–Crippen LogP) is 1.50. The van der Waals surface area contributed by atoms with E-state index in [-0.39, 0.29) is 12.6 Å². The van der Waals surface area contributed by atoms with Crippen molar-refractivity contribution in [2.24, 2.45) is 0 Å². The van der Waals surface area contributed by atoms with Crippen molar-refractivity contribution in [3.63, 3.8) is 0 Å². The molecule has 6 heteroatoms. The number of rotatable bonds is 6. The summed E-state index contributed by atoms with van der Waals surface area (Å²) >= 11 is 0. The van der Waals surface area contributed by atoms with Crippen molar-refractivity contribution in [3.05, 3.63) is 60.2 Å². The zero-order chi connectivity index (χ0) is 19.3. The summed E-state index contributed by atoms with van der Waals surface area (Å²) in [7, 11) is 0. The molecular formula is C22H28N5O+. The quantitative estimate of drug-likeness (QED) is 0.607. The van der Waals surface area contributed by atoms with E-state index in [1.165, 1.54) is 10.5 Å². The average Bonchev–Trinajstić information content (AvgIpc) is 2.75. The van der Waals surface area contributed by atoms with Crippen molar-refractivity contribution in [1.29, 1.82) is 0 Å². The topological polar surface area (TPSA) is 65.7 Å². The number of hydrogen-bond acceptors (Lipinski definition) is 5. The SMILES string of the molecule is C[C@@H](Nc1nc(N2CC[NH+](CCO)CC2)nc2ccccc12)c1ccccc1. The maximum Gasteiger partial charge on any atom is 0.228 e. The van der Waals surface area contributed by atoms with Gasteiger partial charge in [0.1, 0.15) is 12.4 Å². The van der Waals surface area contributed by atoms with Gasteiger partial charge in [-0.05, 0) is 24.6 Å². The Bertz CT molecular complexity index is 909. The Kier molecular flexibility index (Phi) is 5.69. The molecule has 0 radical (unpaired) electrons. The third-order valence-electron chi connectivity index (χ3n) is 5.46. The van der Waals surface area contributed by atoms with Crippen LogP contribution in [0.15, 0.2) is 54.6 Å². The summed E-state index contributed by atoms with van der Waals surface area (Å²) in [5.41, 5.74) is 2.19. The maximum absolute atomic E-state index is 9.17. The van der Waals surface area contributed by atoms with Crippen LogP contribution in [0.4, 0.5) is 11.8 Å². The first kappa shape index (κ1) is 18.7. The van der Waals surface area contributed by atoms with Gasteiger partial charge in [0.15, 0.2) is 0 Å². The van der Waals surface area contributed by atoms with Gasteiger partial charge in [-0.2, -0.15) is 4.98 Å². The van der Waals surface area contributed by atoms with E-state index < -0.39 is 0 Å². The van der Waals surface area contributed by atoms with Gasteiger partial charge in [-0.3, -0.25) is 0 Å². The largest absolute Gasteiger partial charge is 0.391 e. The van der Waals surface area contributed by atoms with E-state index in [1.54, 1.807) is 0 Å². The van der Waals surface area contributed by atoms with E-state index in [2.05, 4.69) is 47.5 Å². The van der Waals surface area contributed by atoms with Crippen molar-refractivity contribution in [1.82, 2.24) is 9.97 Å². The lowest BCUT2D eigenvalue weighted by atomic mass is 10.1. The zero-order valence-corrected chi connectivity index (χ0v) is 16.3. The number of benzene rings is 2. The fraction of sp³-hybridized carbons (Fsp3) is 0.364. The minimum Gasteiger partial charge on any atom is -0.391 e. The zero-order valence-electron chi connectivity index (χ0n) is 16.3. The number of nitrogens with zero attached hydrogens (tertiary/aromatic N) is 3. The number of para-hydroxylation sites is 1. The molecule has 4 rings (SSSR count). The number of aromatic nitrogens is 2. The standard InChI is InChI=1S/C22H27N5O/c1-17(18-7-3-2-4-8-18)23-21-19-9-5-6-10-20(19)24-22(25-21)27-13-11-26(12-14-27)15-16-28/h2-10,17,28H,11-16H2,1H3,(H,23,24,25)/p+1/t17-/m1/s1. The summed E-state index contributed by atoms with van der Waals surface area (Å²) in [6.07, 6.45) is 0. The molecule has 0 spiro atoms. The first-order valence-corrected chi connectivity index (χ1v) is 10.0. The second kappa shape index (κ2) is 8.54. The van der Waals surface area contributed by atoms with E-state index in [1.807, 2.05) is 24.3 Å². The molecule has 6 nitrogen and oxygen atoms in total. The summed E-state index contributed by atoms with van der Waals surface area (Å²) in [4.78, 5) is 13.4. The number of fused-ring (bicyclic) bond motifs is 1. The molecule has 0 amide bonds. The summed E-state index contributed by atoms with van der Waals surface area (Å²) in [5, 5.41) is 13.8. The molecule has 2 aromatic carbocycles. The number of hydrogen-bond donors (Lipinski definition) is 3. The highest BCUT2D eigenvalue weighted by Crippen LogP contribution is 2.27. The molecule has 0 bridgehead atoms. The van der Waals surface area contributed by atoms with Gasteiger partial charge in [0, 0.05) is 11.4 Å². The molecule has 1 atom stereocenters. The molecule has 0 unspecified atom stereocenters. The minimum atomic E-state index is 0.151. The Hall–Kier alpha value is -2.70. The molecular weight excluding hydrogens is 350 g/mol. The second-order valence-corrected chi connectivity index (χ2v) is 7.38. The van der Waals surface area contributed by atoms with Gasteiger partial charge in [-0.1, -0.05) is 42.5 Å². The summed E-state index contributed by atoms with van der Waals surface area (Å²) < 4.78 is 0. The lowest BCUT2D eigenvalue weighted by Gasteiger charge is -2.32. The Morgan fingerprint density at radius 2 is 1.75 bits per heavy atom. The molecule has 0 saturated carbocycles. The van der Waals surface area contributed by atoms with Crippen molar-refractivity contribution < 1.29 is 10.0 Å². The number of quaternary nitrogens is 1.